The molecule has 0 N–H and O–H groups in total. The molecule has 26 heavy (non-hydrogen) atoms. The summed E-state index contributed by atoms with van der Waals surface area (Å²) >= 11 is 8.25. The van der Waals surface area contributed by atoms with Crippen molar-refractivity contribution in [2.75, 3.05) is 17.2 Å². The van der Waals surface area contributed by atoms with Gasteiger partial charge >= 0.3 is 0 Å². The molecule has 1 atom stereocenters. The normalized spacial score (nSPS) is 22.8. The van der Waals surface area contributed by atoms with Crippen molar-refractivity contribution in [2.45, 2.75) is 65.1 Å². The molecule has 1 saturated heterocycles. The van der Waals surface area contributed by atoms with Crippen LogP contribution >= 0.6 is 23.4 Å². The minimum atomic E-state index is -0.0370. The number of hydrogen-bond acceptors (Lipinski definition) is 3. The van der Waals surface area contributed by atoms with Crippen LogP contribution in [-0.4, -0.2) is 40.5 Å². The van der Waals surface area contributed by atoms with Crippen molar-refractivity contribution < 1.29 is 4.79 Å². The molecule has 1 heterocycles. The fourth-order valence-electron chi connectivity index (χ4n) is 3.83. The number of hydrogen-bond donors (Lipinski definition) is 0. The van der Waals surface area contributed by atoms with Gasteiger partial charge < -0.3 is 4.90 Å². The summed E-state index contributed by atoms with van der Waals surface area (Å²) in [5, 5.41) is 1.71. The lowest BCUT2D eigenvalue weighted by atomic mass is 9.96. The summed E-state index contributed by atoms with van der Waals surface area (Å²) in [6.07, 6.45) is 6.22. The van der Waals surface area contributed by atoms with E-state index in [1.54, 1.807) is 18.7 Å². The number of thioether (sulfide) groups is 1. The summed E-state index contributed by atoms with van der Waals surface area (Å²) in [5.74, 6) is 0.835. The Bertz CT molecular complexity index is 688. The highest BCUT2D eigenvalue weighted by Gasteiger charge is 2.37. The average molecular weight is 394 g/mol. The maximum absolute atomic E-state index is 12.5. The Hall–Kier alpha value is -1.20. The third-order valence-electron chi connectivity index (χ3n) is 5.18. The molecule has 1 amide bonds. The summed E-state index contributed by atoms with van der Waals surface area (Å²) in [7, 11) is 0. The van der Waals surface area contributed by atoms with Crippen LogP contribution in [0.3, 0.4) is 0 Å². The molecule has 1 aliphatic heterocycles. The van der Waals surface area contributed by atoms with E-state index < -0.39 is 0 Å². The van der Waals surface area contributed by atoms with Crippen LogP contribution in [0.5, 0.6) is 0 Å². The van der Waals surface area contributed by atoms with Gasteiger partial charge in [-0.2, -0.15) is 0 Å². The Kier molecular flexibility index (Phi) is 6.51. The first-order valence-corrected chi connectivity index (χ1v) is 10.9. The van der Waals surface area contributed by atoms with Gasteiger partial charge in [-0.25, -0.2) is 0 Å². The predicted octanol–water partition coefficient (Wildman–Crippen LogP) is 5.08. The van der Waals surface area contributed by atoms with Crippen molar-refractivity contribution in [3.63, 3.8) is 0 Å². The topological polar surface area (TPSA) is 35.9 Å². The minimum absolute atomic E-state index is 0.0127. The lowest BCUT2D eigenvalue weighted by Crippen LogP contribution is -2.50. The van der Waals surface area contributed by atoms with Crippen LogP contribution < -0.4 is 4.90 Å². The van der Waals surface area contributed by atoms with E-state index in [4.69, 9.17) is 16.6 Å². The lowest BCUT2D eigenvalue weighted by molar-refractivity contribution is -0.117. The highest BCUT2D eigenvalue weighted by atomic mass is 35.5. The largest absolute Gasteiger partial charge is 0.330 e. The van der Waals surface area contributed by atoms with E-state index in [1.165, 1.54) is 32.1 Å². The van der Waals surface area contributed by atoms with Crippen molar-refractivity contribution in [3.8, 4) is 0 Å². The average Bonchev–Trinajstić information content (AvgIpc) is 3.00. The summed E-state index contributed by atoms with van der Waals surface area (Å²) < 4.78 is 0. The second-order valence-electron chi connectivity index (χ2n) is 7.13. The fraction of sp³-hybridized carbons (Fsp3) is 0.600. The summed E-state index contributed by atoms with van der Waals surface area (Å²) in [5.41, 5.74) is 1.88. The van der Waals surface area contributed by atoms with Crippen LogP contribution in [0, 0.1) is 6.92 Å². The Morgan fingerprint density at radius 2 is 2.08 bits per heavy atom. The van der Waals surface area contributed by atoms with E-state index in [1.807, 2.05) is 30.0 Å². The predicted molar refractivity (Wildman–Crippen MR) is 112 cm³/mol. The molecule has 1 aromatic carbocycles. The zero-order chi connectivity index (χ0) is 18.7. The van der Waals surface area contributed by atoms with Gasteiger partial charge in [-0.15, -0.1) is 0 Å². The number of amides is 1. The van der Waals surface area contributed by atoms with Crippen LogP contribution in [0.2, 0.25) is 5.02 Å². The zero-order valence-corrected chi connectivity index (χ0v) is 17.4. The molecule has 1 unspecified atom stereocenters. The molecule has 0 spiro atoms. The molecular formula is C20H28ClN3OS. The second kappa shape index (κ2) is 8.66. The first-order chi connectivity index (χ1) is 12.5. The number of benzene rings is 1. The Morgan fingerprint density at radius 3 is 2.69 bits per heavy atom. The lowest BCUT2D eigenvalue weighted by Gasteiger charge is -2.35. The van der Waals surface area contributed by atoms with E-state index in [0.717, 1.165) is 28.7 Å². The van der Waals surface area contributed by atoms with Crippen molar-refractivity contribution in [2.24, 2.45) is 4.99 Å². The highest BCUT2D eigenvalue weighted by Crippen LogP contribution is 2.35. The van der Waals surface area contributed by atoms with Crippen molar-refractivity contribution in [1.29, 1.82) is 0 Å². The third-order valence-corrected chi connectivity index (χ3v) is 6.54. The zero-order valence-electron chi connectivity index (χ0n) is 15.9. The molecule has 4 nitrogen and oxygen atoms in total. The van der Waals surface area contributed by atoms with Crippen LogP contribution in [0.15, 0.2) is 23.2 Å². The smallest absolute Gasteiger partial charge is 0.225 e. The maximum atomic E-state index is 12.5. The van der Waals surface area contributed by atoms with E-state index >= 15 is 0 Å². The molecule has 1 saturated carbocycles. The number of rotatable bonds is 4. The molecule has 0 radical (unpaired) electrons. The van der Waals surface area contributed by atoms with Gasteiger partial charge in [0.05, 0.1) is 16.8 Å². The van der Waals surface area contributed by atoms with Gasteiger partial charge in [-0.3, -0.25) is 14.7 Å². The van der Waals surface area contributed by atoms with Gasteiger partial charge in [-0.05, 0) is 44.4 Å². The Balaban J connectivity index is 1.87. The number of carbonyl (C=O) groups excluding carboxylic acids is 1. The van der Waals surface area contributed by atoms with Crippen molar-refractivity contribution in [1.82, 2.24) is 4.90 Å². The Morgan fingerprint density at radius 1 is 1.35 bits per heavy atom. The van der Waals surface area contributed by atoms with E-state index in [9.17, 15) is 4.79 Å². The van der Waals surface area contributed by atoms with E-state index in [-0.39, 0.29) is 12.1 Å². The molecule has 0 aromatic heterocycles. The van der Waals surface area contributed by atoms with Gasteiger partial charge in [-0.1, -0.05) is 48.7 Å². The standard InChI is InChI=1S/C20H28ClN3OS/c1-4-23-19(13-26-20(23)22-16-8-6-5-7-9-16)24(15(3)25)18-11-10-14(2)12-17(18)21/h10-12,16,19H,4-9,13H2,1-3H3. The van der Waals surface area contributed by atoms with Crippen molar-refractivity contribution >= 4 is 40.1 Å². The van der Waals surface area contributed by atoms with Gasteiger partial charge in [0.1, 0.15) is 6.17 Å². The first-order valence-electron chi connectivity index (χ1n) is 9.54. The van der Waals surface area contributed by atoms with Crippen LogP contribution in [0.25, 0.3) is 0 Å². The molecular weight excluding hydrogens is 366 g/mol. The van der Waals surface area contributed by atoms with Crippen molar-refractivity contribution in [3.05, 3.63) is 28.8 Å². The fourth-order valence-corrected chi connectivity index (χ4v) is 5.43. The summed E-state index contributed by atoms with van der Waals surface area (Å²) in [4.78, 5) is 21.7. The SMILES string of the molecule is CCN1C(=NC2CCCCC2)SCC1N(C(C)=O)c1ccc(C)cc1Cl. The molecule has 2 aliphatic rings. The molecule has 6 heteroatoms. The Labute approximate surface area is 166 Å². The minimum Gasteiger partial charge on any atom is -0.330 e. The maximum Gasteiger partial charge on any atom is 0.225 e. The number of anilines is 1. The van der Waals surface area contributed by atoms with Gasteiger partial charge in [0, 0.05) is 19.2 Å². The molecule has 0 bridgehead atoms. The number of amidine groups is 1. The van der Waals surface area contributed by atoms with Crippen LogP contribution in [-0.2, 0) is 4.79 Å². The van der Waals surface area contributed by atoms with Crippen LogP contribution in [0.1, 0.15) is 51.5 Å². The van der Waals surface area contributed by atoms with E-state index in [0.29, 0.717) is 11.1 Å². The number of carbonyl (C=O) groups is 1. The second-order valence-corrected chi connectivity index (χ2v) is 8.52. The van der Waals surface area contributed by atoms with Gasteiger partial charge in [0.2, 0.25) is 5.91 Å². The van der Waals surface area contributed by atoms with Gasteiger partial charge in [0.15, 0.2) is 5.17 Å². The number of aryl methyl sites for hydroxylation is 1. The molecule has 142 valence electrons. The summed E-state index contributed by atoms with van der Waals surface area (Å²) in [6.45, 7) is 6.58. The number of halogens is 1. The van der Waals surface area contributed by atoms with E-state index in [2.05, 4.69) is 11.8 Å². The first kappa shape index (κ1) is 19.6. The number of aliphatic imine (C=N–C) groups is 1. The molecule has 1 aromatic rings. The third kappa shape index (κ3) is 4.20. The monoisotopic (exact) mass is 393 g/mol. The van der Waals surface area contributed by atoms with Crippen LogP contribution in [0.4, 0.5) is 5.69 Å². The number of nitrogens with zero attached hydrogens (tertiary/aromatic N) is 3. The summed E-state index contributed by atoms with van der Waals surface area (Å²) in [6, 6.07) is 6.32. The quantitative estimate of drug-likeness (QED) is 0.715. The van der Waals surface area contributed by atoms with Gasteiger partial charge in [0.25, 0.3) is 0 Å². The molecule has 2 fully saturated rings. The highest BCUT2D eigenvalue weighted by molar-refractivity contribution is 8.14. The molecule has 1 aliphatic carbocycles. The molecule has 3 rings (SSSR count).